The average molecular weight is 296 g/mol. The zero-order valence-corrected chi connectivity index (χ0v) is 12.7. The predicted molar refractivity (Wildman–Crippen MR) is 89.7 cm³/mol. The van der Waals surface area contributed by atoms with Crippen LogP contribution in [0, 0.1) is 0 Å². The van der Waals surface area contributed by atoms with Gasteiger partial charge >= 0.3 is 0 Å². The Bertz CT molecular complexity index is 632. The van der Waals surface area contributed by atoms with Crippen LogP contribution in [0.25, 0.3) is 0 Å². The molecule has 0 aliphatic carbocycles. The first-order valence-corrected chi connectivity index (χ1v) is 7.46. The summed E-state index contributed by atoms with van der Waals surface area (Å²) in [7, 11) is 1.67. The Morgan fingerprint density at radius 3 is 2.50 bits per heavy atom. The zero-order valence-electron chi connectivity index (χ0n) is 12.7. The van der Waals surface area contributed by atoms with Crippen LogP contribution in [0.5, 0.6) is 5.75 Å². The molecule has 0 aromatic heterocycles. The minimum absolute atomic E-state index is 0.799. The number of benzene rings is 2. The molecule has 2 aromatic rings. The number of para-hydroxylation sites is 1. The van der Waals surface area contributed by atoms with E-state index in [9.17, 15) is 0 Å². The molecule has 0 amide bonds. The van der Waals surface area contributed by atoms with E-state index < -0.39 is 0 Å². The second kappa shape index (κ2) is 7.09. The zero-order chi connectivity index (χ0) is 15.2. The van der Waals surface area contributed by atoms with Gasteiger partial charge < -0.3 is 14.4 Å². The molecule has 2 aromatic carbocycles. The topological polar surface area (TPSA) is 34.1 Å². The molecule has 114 valence electrons. The molecular weight excluding hydrogens is 276 g/mol. The summed E-state index contributed by atoms with van der Waals surface area (Å²) in [5.74, 6) is 0.830. The van der Waals surface area contributed by atoms with Crippen molar-refractivity contribution < 1.29 is 9.47 Å². The maximum absolute atomic E-state index is 5.38. The summed E-state index contributed by atoms with van der Waals surface area (Å²) in [5.41, 5.74) is 3.13. The van der Waals surface area contributed by atoms with Crippen molar-refractivity contribution >= 4 is 17.6 Å². The van der Waals surface area contributed by atoms with Crippen LogP contribution in [0.1, 0.15) is 5.56 Å². The summed E-state index contributed by atoms with van der Waals surface area (Å²) in [6.45, 7) is 3.50. The SMILES string of the molecule is COc1ccccc1C=Nc1ccc(N2CCOCC2)cc1. The molecule has 1 aliphatic rings. The molecule has 4 heteroatoms. The maximum atomic E-state index is 5.38. The largest absolute Gasteiger partial charge is 0.496 e. The van der Waals surface area contributed by atoms with Crippen molar-refractivity contribution in [3.05, 3.63) is 54.1 Å². The van der Waals surface area contributed by atoms with E-state index in [1.807, 2.05) is 42.6 Å². The fourth-order valence-electron chi connectivity index (χ4n) is 2.49. The van der Waals surface area contributed by atoms with Gasteiger partial charge in [-0.3, -0.25) is 4.99 Å². The van der Waals surface area contributed by atoms with Crippen LogP contribution in [0.3, 0.4) is 0 Å². The molecule has 0 atom stereocenters. The van der Waals surface area contributed by atoms with Crippen LogP contribution in [-0.2, 0) is 4.74 Å². The Labute approximate surface area is 131 Å². The summed E-state index contributed by atoms with van der Waals surface area (Å²) >= 11 is 0. The number of hydrogen-bond acceptors (Lipinski definition) is 4. The number of hydrogen-bond donors (Lipinski definition) is 0. The molecule has 1 heterocycles. The molecule has 1 aliphatic heterocycles. The van der Waals surface area contributed by atoms with Gasteiger partial charge in [0, 0.05) is 30.6 Å². The first-order chi connectivity index (χ1) is 10.9. The number of nitrogens with zero attached hydrogens (tertiary/aromatic N) is 2. The number of rotatable bonds is 4. The number of anilines is 1. The molecule has 0 spiro atoms. The van der Waals surface area contributed by atoms with Gasteiger partial charge in [-0.1, -0.05) is 12.1 Å². The van der Waals surface area contributed by atoms with Crippen molar-refractivity contribution in [2.75, 3.05) is 38.3 Å². The van der Waals surface area contributed by atoms with Gasteiger partial charge in [0.2, 0.25) is 0 Å². The van der Waals surface area contributed by atoms with E-state index in [0.717, 1.165) is 43.3 Å². The molecular formula is C18H20N2O2. The van der Waals surface area contributed by atoms with E-state index in [2.05, 4.69) is 22.0 Å². The third-order valence-electron chi connectivity index (χ3n) is 3.72. The Balaban J connectivity index is 1.71. The van der Waals surface area contributed by atoms with Crippen LogP contribution >= 0.6 is 0 Å². The summed E-state index contributed by atoms with van der Waals surface area (Å²) in [6.07, 6.45) is 1.84. The van der Waals surface area contributed by atoms with Crippen molar-refractivity contribution in [1.82, 2.24) is 0 Å². The highest BCUT2D eigenvalue weighted by atomic mass is 16.5. The van der Waals surface area contributed by atoms with E-state index in [4.69, 9.17) is 9.47 Å². The third-order valence-corrected chi connectivity index (χ3v) is 3.72. The van der Waals surface area contributed by atoms with Gasteiger partial charge in [0.25, 0.3) is 0 Å². The number of methoxy groups -OCH3 is 1. The van der Waals surface area contributed by atoms with Crippen molar-refractivity contribution in [3.8, 4) is 5.75 Å². The summed E-state index contributed by atoms with van der Waals surface area (Å²) in [6, 6.07) is 16.2. The molecule has 3 rings (SSSR count). The van der Waals surface area contributed by atoms with E-state index in [0.29, 0.717) is 0 Å². The van der Waals surface area contributed by atoms with Crippen LogP contribution in [0.2, 0.25) is 0 Å². The minimum atomic E-state index is 0.799. The minimum Gasteiger partial charge on any atom is -0.496 e. The van der Waals surface area contributed by atoms with Crippen LogP contribution in [0.15, 0.2) is 53.5 Å². The monoisotopic (exact) mass is 296 g/mol. The van der Waals surface area contributed by atoms with E-state index in [-0.39, 0.29) is 0 Å². The first-order valence-electron chi connectivity index (χ1n) is 7.46. The van der Waals surface area contributed by atoms with Gasteiger partial charge in [-0.05, 0) is 36.4 Å². The molecule has 22 heavy (non-hydrogen) atoms. The molecule has 0 saturated carbocycles. The Morgan fingerprint density at radius 2 is 1.77 bits per heavy atom. The number of ether oxygens (including phenoxy) is 2. The lowest BCUT2D eigenvalue weighted by Crippen LogP contribution is -2.36. The Kier molecular flexibility index (Phi) is 4.71. The molecule has 1 saturated heterocycles. The van der Waals surface area contributed by atoms with Crippen LogP contribution in [0.4, 0.5) is 11.4 Å². The second-order valence-corrected chi connectivity index (χ2v) is 5.12. The van der Waals surface area contributed by atoms with Gasteiger partial charge in [0.05, 0.1) is 26.0 Å². The van der Waals surface area contributed by atoms with E-state index >= 15 is 0 Å². The average Bonchev–Trinajstić information content (AvgIpc) is 2.61. The highest BCUT2D eigenvalue weighted by Crippen LogP contribution is 2.21. The summed E-state index contributed by atoms with van der Waals surface area (Å²) < 4.78 is 10.7. The van der Waals surface area contributed by atoms with E-state index in [1.54, 1.807) is 7.11 Å². The lowest BCUT2D eigenvalue weighted by atomic mass is 10.2. The van der Waals surface area contributed by atoms with Gasteiger partial charge in [0.1, 0.15) is 5.75 Å². The van der Waals surface area contributed by atoms with E-state index in [1.165, 1.54) is 5.69 Å². The normalized spacial score (nSPS) is 15.2. The molecule has 4 nitrogen and oxygen atoms in total. The Hall–Kier alpha value is -2.33. The first kappa shape index (κ1) is 14.6. The van der Waals surface area contributed by atoms with Crippen LogP contribution < -0.4 is 9.64 Å². The van der Waals surface area contributed by atoms with Gasteiger partial charge in [-0.15, -0.1) is 0 Å². The fraction of sp³-hybridized carbons (Fsp3) is 0.278. The molecule has 0 unspecified atom stereocenters. The van der Waals surface area contributed by atoms with Crippen molar-refractivity contribution in [1.29, 1.82) is 0 Å². The van der Waals surface area contributed by atoms with Crippen molar-refractivity contribution in [2.24, 2.45) is 4.99 Å². The second-order valence-electron chi connectivity index (χ2n) is 5.12. The highest BCUT2D eigenvalue weighted by Gasteiger charge is 2.10. The molecule has 0 bridgehead atoms. The lowest BCUT2D eigenvalue weighted by molar-refractivity contribution is 0.122. The molecule has 0 radical (unpaired) electrons. The standard InChI is InChI=1S/C18H20N2O2/c1-21-18-5-3-2-4-15(18)14-19-16-6-8-17(9-7-16)20-10-12-22-13-11-20/h2-9,14H,10-13H2,1H3. The number of aliphatic imine (C=N–C) groups is 1. The highest BCUT2D eigenvalue weighted by molar-refractivity contribution is 5.85. The number of morpholine rings is 1. The lowest BCUT2D eigenvalue weighted by Gasteiger charge is -2.28. The Morgan fingerprint density at radius 1 is 1.05 bits per heavy atom. The fourth-order valence-corrected chi connectivity index (χ4v) is 2.49. The third kappa shape index (κ3) is 3.46. The van der Waals surface area contributed by atoms with Gasteiger partial charge in [-0.25, -0.2) is 0 Å². The molecule has 0 N–H and O–H groups in total. The predicted octanol–water partition coefficient (Wildman–Crippen LogP) is 3.28. The maximum Gasteiger partial charge on any atom is 0.127 e. The van der Waals surface area contributed by atoms with Gasteiger partial charge in [-0.2, -0.15) is 0 Å². The van der Waals surface area contributed by atoms with Crippen molar-refractivity contribution in [2.45, 2.75) is 0 Å². The van der Waals surface area contributed by atoms with Gasteiger partial charge in [0.15, 0.2) is 0 Å². The van der Waals surface area contributed by atoms with Crippen molar-refractivity contribution in [3.63, 3.8) is 0 Å². The quantitative estimate of drug-likeness (QED) is 0.812. The summed E-state index contributed by atoms with van der Waals surface area (Å²) in [4.78, 5) is 6.85. The molecule has 1 fully saturated rings. The van der Waals surface area contributed by atoms with Crippen LogP contribution in [-0.4, -0.2) is 39.6 Å². The smallest absolute Gasteiger partial charge is 0.127 e. The summed E-state index contributed by atoms with van der Waals surface area (Å²) in [5, 5.41) is 0.